The van der Waals surface area contributed by atoms with Gasteiger partial charge < -0.3 is 15.0 Å². The van der Waals surface area contributed by atoms with E-state index >= 15 is 0 Å². The molecule has 20 heavy (non-hydrogen) atoms. The molecule has 0 amide bonds. The molecule has 2 rings (SSSR count). The lowest BCUT2D eigenvalue weighted by atomic mass is 9.83. The SMILES string of the molecule is COc1nc(N(C)C)sc1CNCC1CCC(C)CC1. The van der Waals surface area contributed by atoms with Crippen molar-refractivity contribution < 1.29 is 4.74 Å². The molecule has 1 aliphatic carbocycles. The Kier molecular flexibility index (Phi) is 5.66. The van der Waals surface area contributed by atoms with E-state index in [-0.39, 0.29) is 0 Å². The summed E-state index contributed by atoms with van der Waals surface area (Å²) < 4.78 is 5.37. The first-order valence-corrected chi connectivity index (χ1v) is 8.33. The van der Waals surface area contributed by atoms with Crippen molar-refractivity contribution in [1.29, 1.82) is 0 Å². The van der Waals surface area contributed by atoms with Crippen molar-refractivity contribution in [2.24, 2.45) is 11.8 Å². The Morgan fingerprint density at radius 2 is 2.00 bits per heavy atom. The van der Waals surface area contributed by atoms with E-state index in [1.54, 1.807) is 18.4 Å². The third-order valence-corrected chi connectivity index (χ3v) is 5.28. The Morgan fingerprint density at radius 3 is 2.60 bits per heavy atom. The fourth-order valence-electron chi connectivity index (χ4n) is 2.71. The van der Waals surface area contributed by atoms with Crippen LogP contribution in [0, 0.1) is 11.8 Å². The van der Waals surface area contributed by atoms with E-state index in [1.807, 2.05) is 19.0 Å². The normalized spacial score (nSPS) is 22.8. The number of nitrogens with zero attached hydrogens (tertiary/aromatic N) is 2. The van der Waals surface area contributed by atoms with Crippen LogP contribution in [-0.2, 0) is 6.54 Å². The lowest BCUT2D eigenvalue weighted by Crippen LogP contribution is -2.25. The molecule has 4 nitrogen and oxygen atoms in total. The summed E-state index contributed by atoms with van der Waals surface area (Å²) >= 11 is 1.71. The van der Waals surface area contributed by atoms with Crippen LogP contribution >= 0.6 is 11.3 Å². The maximum absolute atomic E-state index is 5.37. The highest BCUT2D eigenvalue weighted by molar-refractivity contribution is 7.15. The lowest BCUT2D eigenvalue weighted by Gasteiger charge is -2.26. The number of nitrogens with one attached hydrogen (secondary N) is 1. The Morgan fingerprint density at radius 1 is 1.30 bits per heavy atom. The number of ether oxygens (including phenoxy) is 1. The minimum atomic E-state index is 0.767. The van der Waals surface area contributed by atoms with Crippen LogP contribution < -0.4 is 15.0 Å². The minimum absolute atomic E-state index is 0.767. The van der Waals surface area contributed by atoms with Gasteiger partial charge in [-0.05, 0) is 31.2 Å². The van der Waals surface area contributed by atoms with Gasteiger partial charge in [-0.1, -0.05) is 31.1 Å². The van der Waals surface area contributed by atoms with Gasteiger partial charge in [-0.15, -0.1) is 0 Å². The first-order chi connectivity index (χ1) is 9.60. The van der Waals surface area contributed by atoms with Crippen LogP contribution in [0.1, 0.15) is 37.5 Å². The molecule has 1 fully saturated rings. The van der Waals surface area contributed by atoms with Crippen LogP contribution in [0.3, 0.4) is 0 Å². The van der Waals surface area contributed by atoms with Crippen molar-refractivity contribution in [3.05, 3.63) is 4.88 Å². The molecule has 1 saturated carbocycles. The van der Waals surface area contributed by atoms with Gasteiger partial charge in [0.05, 0.1) is 12.0 Å². The summed E-state index contributed by atoms with van der Waals surface area (Å²) in [5.74, 6) is 2.54. The van der Waals surface area contributed by atoms with Crippen molar-refractivity contribution >= 4 is 16.5 Å². The van der Waals surface area contributed by atoms with Crippen LogP contribution in [0.2, 0.25) is 0 Å². The highest BCUT2D eigenvalue weighted by atomic mass is 32.1. The Balaban J connectivity index is 1.81. The fourth-order valence-corrected chi connectivity index (χ4v) is 3.63. The van der Waals surface area contributed by atoms with E-state index in [0.717, 1.165) is 35.9 Å². The number of anilines is 1. The Labute approximate surface area is 126 Å². The molecule has 1 heterocycles. The quantitative estimate of drug-likeness (QED) is 0.875. The number of hydrogen-bond acceptors (Lipinski definition) is 5. The van der Waals surface area contributed by atoms with Gasteiger partial charge in [-0.25, -0.2) is 0 Å². The molecule has 0 atom stereocenters. The summed E-state index contributed by atoms with van der Waals surface area (Å²) in [6.45, 7) is 4.35. The van der Waals surface area contributed by atoms with Gasteiger partial charge in [-0.3, -0.25) is 0 Å². The summed E-state index contributed by atoms with van der Waals surface area (Å²) in [5.41, 5.74) is 0. The molecule has 1 aliphatic rings. The van der Waals surface area contributed by atoms with Gasteiger partial charge in [0.1, 0.15) is 0 Å². The minimum Gasteiger partial charge on any atom is -0.480 e. The van der Waals surface area contributed by atoms with Gasteiger partial charge in [0.25, 0.3) is 0 Å². The molecule has 0 unspecified atom stereocenters. The smallest absolute Gasteiger partial charge is 0.230 e. The molecular formula is C15H27N3OS. The monoisotopic (exact) mass is 297 g/mol. The molecule has 1 N–H and O–H groups in total. The van der Waals surface area contributed by atoms with Crippen molar-refractivity contribution in [1.82, 2.24) is 10.3 Å². The van der Waals surface area contributed by atoms with E-state index < -0.39 is 0 Å². The van der Waals surface area contributed by atoms with Crippen molar-refractivity contribution in [2.45, 2.75) is 39.2 Å². The van der Waals surface area contributed by atoms with Crippen LogP contribution in [0.25, 0.3) is 0 Å². The Hall–Kier alpha value is -0.810. The third-order valence-electron chi connectivity index (χ3n) is 4.08. The van der Waals surface area contributed by atoms with E-state index in [2.05, 4.69) is 17.2 Å². The molecule has 1 aromatic heterocycles. The maximum atomic E-state index is 5.37. The maximum Gasteiger partial charge on any atom is 0.230 e. The van der Waals surface area contributed by atoms with Crippen LogP contribution in [0.5, 0.6) is 5.88 Å². The second-order valence-corrected chi connectivity index (χ2v) is 7.14. The molecule has 0 bridgehead atoms. The first kappa shape index (κ1) is 15.6. The average molecular weight is 297 g/mol. The lowest BCUT2D eigenvalue weighted by molar-refractivity contribution is 0.281. The van der Waals surface area contributed by atoms with Gasteiger partial charge in [0.2, 0.25) is 5.88 Å². The standard InChI is InChI=1S/C15H27N3OS/c1-11-5-7-12(8-6-11)9-16-10-13-14(19-4)17-15(20-13)18(2)3/h11-12,16H,5-10H2,1-4H3. The topological polar surface area (TPSA) is 37.4 Å². The van der Waals surface area contributed by atoms with Crippen LogP contribution in [0.15, 0.2) is 0 Å². The number of hydrogen-bond donors (Lipinski definition) is 1. The summed E-state index contributed by atoms with van der Waals surface area (Å²) in [7, 11) is 5.72. The zero-order valence-electron chi connectivity index (χ0n) is 13.1. The van der Waals surface area contributed by atoms with Crippen molar-refractivity contribution in [3.8, 4) is 5.88 Å². The second kappa shape index (κ2) is 7.27. The predicted molar refractivity (Wildman–Crippen MR) is 85.8 cm³/mol. The number of aromatic nitrogens is 1. The molecule has 1 aromatic rings. The van der Waals surface area contributed by atoms with Crippen LogP contribution in [-0.4, -0.2) is 32.7 Å². The van der Waals surface area contributed by atoms with Crippen molar-refractivity contribution in [3.63, 3.8) is 0 Å². The molecule has 0 radical (unpaired) electrons. The Bertz CT molecular complexity index is 411. The number of rotatable bonds is 6. The van der Waals surface area contributed by atoms with Gasteiger partial charge in [0.15, 0.2) is 5.13 Å². The van der Waals surface area contributed by atoms with E-state index in [0.29, 0.717) is 0 Å². The largest absolute Gasteiger partial charge is 0.480 e. The predicted octanol–water partition coefficient (Wildman–Crippen LogP) is 3.13. The average Bonchev–Trinajstić information content (AvgIpc) is 2.84. The zero-order valence-corrected chi connectivity index (χ0v) is 13.9. The molecule has 5 heteroatoms. The molecule has 114 valence electrons. The summed E-state index contributed by atoms with van der Waals surface area (Å²) in [5, 5.41) is 4.59. The first-order valence-electron chi connectivity index (χ1n) is 7.52. The molecule has 0 aromatic carbocycles. The fraction of sp³-hybridized carbons (Fsp3) is 0.800. The summed E-state index contributed by atoms with van der Waals surface area (Å²) in [6, 6.07) is 0. The van der Waals surface area contributed by atoms with Crippen LogP contribution in [0.4, 0.5) is 5.13 Å². The van der Waals surface area contributed by atoms with Gasteiger partial charge >= 0.3 is 0 Å². The van der Waals surface area contributed by atoms with E-state index in [9.17, 15) is 0 Å². The zero-order chi connectivity index (χ0) is 14.5. The van der Waals surface area contributed by atoms with Crippen molar-refractivity contribution in [2.75, 3.05) is 32.6 Å². The number of methoxy groups -OCH3 is 1. The molecule has 0 spiro atoms. The highest BCUT2D eigenvalue weighted by Gasteiger charge is 2.18. The molecular weight excluding hydrogens is 270 g/mol. The van der Waals surface area contributed by atoms with E-state index in [4.69, 9.17) is 4.74 Å². The summed E-state index contributed by atoms with van der Waals surface area (Å²) in [6.07, 6.45) is 5.52. The molecule has 0 saturated heterocycles. The summed E-state index contributed by atoms with van der Waals surface area (Å²) in [4.78, 5) is 7.71. The highest BCUT2D eigenvalue weighted by Crippen LogP contribution is 2.31. The molecule has 0 aliphatic heterocycles. The van der Waals surface area contributed by atoms with Gasteiger partial charge in [0, 0.05) is 20.6 Å². The van der Waals surface area contributed by atoms with Gasteiger partial charge in [-0.2, -0.15) is 4.98 Å². The number of thiazole rings is 1. The second-order valence-electron chi connectivity index (χ2n) is 6.08. The third kappa shape index (κ3) is 4.09. The van der Waals surface area contributed by atoms with E-state index in [1.165, 1.54) is 30.6 Å².